The van der Waals surface area contributed by atoms with Gasteiger partial charge in [-0.05, 0) is 38.5 Å². The van der Waals surface area contributed by atoms with Gasteiger partial charge in [-0.2, -0.15) is 0 Å². The molecule has 2 rings (SSSR count). The van der Waals surface area contributed by atoms with Gasteiger partial charge in [0.2, 0.25) is 0 Å². The highest BCUT2D eigenvalue weighted by Gasteiger charge is 2.14. The van der Waals surface area contributed by atoms with Gasteiger partial charge >= 0.3 is 5.97 Å². The molecule has 0 radical (unpaired) electrons. The summed E-state index contributed by atoms with van der Waals surface area (Å²) in [7, 11) is 0. The van der Waals surface area contributed by atoms with E-state index in [0.717, 1.165) is 16.8 Å². The van der Waals surface area contributed by atoms with Gasteiger partial charge in [0.15, 0.2) is 5.78 Å². The maximum absolute atomic E-state index is 12.4. The predicted molar refractivity (Wildman–Crippen MR) is 95.0 cm³/mol. The quantitative estimate of drug-likeness (QED) is 0.495. The smallest absolute Gasteiger partial charge is 0.354 e. The topological polar surface area (TPSA) is 55.4 Å². The van der Waals surface area contributed by atoms with Crippen LogP contribution in [0.15, 0.2) is 60.3 Å². The van der Waals surface area contributed by atoms with E-state index in [1.54, 1.807) is 19.1 Å². The summed E-state index contributed by atoms with van der Waals surface area (Å²) >= 11 is 0. The highest BCUT2D eigenvalue weighted by molar-refractivity contribution is 6.09. The second-order valence-electron chi connectivity index (χ2n) is 5.50. The van der Waals surface area contributed by atoms with Gasteiger partial charge < -0.3 is 10.1 Å². The molecule has 2 aromatic carbocycles. The standard InChI is InChI=1S/C20H21NO3/c1-4-24-20(23)18(21-17-7-5-6-15(3)12-17)13-19(22)16-10-8-14(2)9-11-16/h5-13,21H,4H2,1-3H3/b18-13-. The lowest BCUT2D eigenvalue weighted by Gasteiger charge is -2.11. The van der Waals surface area contributed by atoms with E-state index in [4.69, 9.17) is 4.74 Å². The lowest BCUT2D eigenvalue weighted by Crippen LogP contribution is -2.16. The number of benzene rings is 2. The van der Waals surface area contributed by atoms with Crippen LogP contribution >= 0.6 is 0 Å². The molecule has 0 aromatic heterocycles. The van der Waals surface area contributed by atoms with E-state index in [2.05, 4.69) is 5.32 Å². The number of aryl methyl sites for hydroxylation is 2. The zero-order chi connectivity index (χ0) is 17.5. The Balaban J connectivity index is 2.29. The maximum atomic E-state index is 12.4. The van der Waals surface area contributed by atoms with Crippen molar-refractivity contribution in [2.75, 3.05) is 11.9 Å². The van der Waals surface area contributed by atoms with Gasteiger partial charge in [0.05, 0.1) is 6.61 Å². The van der Waals surface area contributed by atoms with E-state index >= 15 is 0 Å². The van der Waals surface area contributed by atoms with Crippen LogP contribution in [0.2, 0.25) is 0 Å². The third kappa shape index (κ3) is 4.81. The minimum Gasteiger partial charge on any atom is -0.461 e. The Morgan fingerprint density at radius 2 is 1.75 bits per heavy atom. The van der Waals surface area contributed by atoms with Crippen molar-refractivity contribution in [3.63, 3.8) is 0 Å². The number of anilines is 1. The first-order valence-corrected chi connectivity index (χ1v) is 7.83. The highest BCUT2D eigenvalue weighted by Crippen LogP contribution is 2.14. The number of hydrogen-bond acceptors (Lipinski definition) is 4. The molecule has 0 aliphatic carbocycles. The Kier molecular flexibility index (Phi) is 5.90. The normalized spacial score (nSPS) is 11.0. The Morgan fingerprint density at radius 1 is 1.04 bits per heavy atom. The van der Waals surface area contributed by atoms with Gasteiger partial charge in [0, 0.05) is 17.3 Å². The van der Waals surface area contributed by atoms with E-state index < -0.39 is 5.97 Å². The number of hydrogen-bond donors (Lipinski definition) is 1. The largest absolute Gasteiger partial charge is 0.461 e. The van der Waals surface area contributed by atoms with Crippen molar-refractivity contribution in [2.45, 2.75) is 20.8 Å². The van der Waals surface area contributed by atoms with E-state index in [-0.39, 0.29) is 18.1 Å². The maximum Gasteiger partial charge on any atom is 0.354 e. The van der Waals surface area contributed by atoms with Crippen molar-refractivity contribution in [1.82, 2.24) is 0 Å². The van der Waals surface area contributed by atoms with Crippen molar-refractivity contribution in [3.8, 4) is 0 Å². The molecular formula is C20H21NO3. The number of ketones is 1. The summed E-state index contributed by atoms with van der Waals surface area (Å²) in [4.78, 5) is 24.6. The minimum atomic E-state index is -0.556. The van der Waals surface area contributed by atoms with Crippen LogP contribution < -0.4 is 5.32 Å². The van der Waals surface area contributed by atoms with Crippen LogP contribution in [0, 0.1) is 13.8 Å². The summed E-state index contributed by atoms with van der Waals surface area (Å²) in [5.74, 6) is -0.808. The molecule has 0 bridgehead atoms. The lowest BCUT2D eigenvalue weighted by atomic mass is 10.1. The Bertz CT molecular complexity index is 761. The Labute approximate surface area is 142 Å². The lowest BCUT2D eigenvalue weighted by molar-refractivity contribution is -0.138. The second-order valence-corrected chi connectivity index (χ2v) is 5.50. The molecule has 4 nitrogen and oxygen atoms in total. The van der Waals surface area contributed by atoms with Crippen molar-refractivity contribution < 1.29 is 14.3 Å². The molecule has 0 amide bonds. The molecule has 0 spiro atoms. The van der Waals surface area contributed by atoms with Gasteiger partial charge in [0.25, 0.3) is 0 Å². The number of esters is 1. The summed E-state index contributed by atoms with van der Waals surface area (Å²) in [6, 6.07) is 14.8. The fraction of sp³-hybridized carbons (Fsp3) is 0.200. The number of carbonyl (C=O) groups is 2. The molecule has 0 saturated carbocycles. The average molecular weight is 323 g/mol. The molecular weight excluding hydrogens is 302 g/mol. The molecule has 0 aliphatic rings. The van der Waals surface area contributed by atoms with E-state index in [0.29, 0.717) is 5.56 Å². The number of carbonyl (C=O) groups excluding carboxylic acids is 2. The molecule has 24 heavy (non-hydrogen) atoms. The van der Waals surface area contributed by atoms with Crippen molar-refractivity contribution in [1.29, 1.82) is 0 Å². The molecule has 1 N–H and O–H groups in total. The molecule has 2 aromatic rings. The van der Waals surface area contributed by atoms with Crippen LogP contribution in [0.4, 0.5) is 5.69 Å². The molecule has 0 atom stereocenters. The van der Waals surface area contributed by atoms with Crippen LogP contribution in [-0.2, 0) is 9.53 Å². The Morgan fingerprint density at radius 3 is 2.38 bits per heavy atom. The van der Waals surface area contributed by atoms with Gasteiger partial charge in [-0.25, -0.2) is 4.79 Å². The summed E-state index contributed by atoms with van der Waals surface area (Å²) in [5, 5.41) is 2.98. The van der Waals surface area contributed by atoms with E-state index in [9.17, 15) is 9.59 Å². The molecule has 0 unspecified atom stereocenters. The predicted octanol–water partition coefficient (Wildman–Crippen LogP) is 4.05. The van der Waals surface area contributed by atoms with Crippen molar-refractivity contribution in [3.05, 3.63) is 77.0 Å². The molecule has 0 aliphatic heterocycles. The molecule has 4 heteroatoms. The molecule has 124 valence electrons. The van der Waals surface area contributed by atoms with Crippen LogP contribution in [0.3, 0.4) is 0 Å². The number of nitrogens with one attached hydrogen (secondary N) is 1. The summed E-state index contributed by atoms with van der Waals surface area (Å²) in [6.07, 6.45) is 1.28. The van der Waals surface area contributed by atoms with Crippen LogP contribution in [0.25, 0.3) is 0 Å². The first-order chi connectivity index (χ1) is 11.5. The SMILES string of the molecule is CCOC(=O)/C(=C/C(=O)c1ccc(C)cc1)Nc1cccc(C)c1. The second kappa shape index (κ2) is 8.11. The van der Waals surface area contributed by atoms with Gasteiger partial charge in [0.1, 0.15) is 5.70 Å². The summed E-state index contributed by atoms with van der Waals surface area (Å²) < 4.78 is 5.04. The number of rotatable bonds is 6. The zero-order valence-corrected chi connectivity index (χ0v) is 14.1. The Hall–Kier alpha value is -2.88. The fourth-order valence-electron chi connectivity index (χ4n) is 2.17. The monoisotopic (exact) mass is 323 g/mol. The van der Waals surface area contributed by atoms with Crippen LogP contribution in [0.1, 0.15) is 28.4 Å². The van der Waals surface area contributed by atoms with Gasteiger partial charge in [-0.15, -0.1) is 0 Å². The number of allylic oxidation sites excluding steroid dienone is 1. The molecule has 0 fully saturated rings. The van der Waals surface area contributed by atoms with Crippen LogP contribution in [-0.4, -0.2) is 18.4 Å². The van der Waals surface area contributed by atoms with Crippen molar-refractivity contribution >= 4 is 17.4 Å². The van der Waals surface area contributed by atoms with Crippen LogP contribution in [0.5, 0.6) is 0 Å². The van der Waals surface area contributed by atoms with Gasteiger partial charge in [-0.1, -0.05) is 42.0 Å². The number of ether oxygens (including phenoxy) is 1. The summed E-state index contributed by atoms with van der Waals surface area (Å²) in [5.41, 5.74) is 3.49. The third-order valence-electron chi connectivity index (χ3n) is 3.40. The van der Waals surface area contributed by atoms with E-state index in [1.807, 2.05) is 50.2 Å². The first kappa shape index (κ1) is 17.5. The minimum absolute atomic E-state index is 0.119. The molecule has 0 heterocycles. The summed E-state index contributed by atoms with van der Waals surface area (Å²) in [6.45, 7) is 5.87. The average Bonchev–Trinajstić information content (AvgIpc) is 2.55. The zero-order valence-electron chi connectivity index (χ0n) is 14.1. The highest BCUT2D eigenvalue weighted by atomic mass is 16.5. The first-order valence-electron chi connectivity index (χ1n) is 7.83. The fourth-order valence-corrected chi connectivity index (χ4v) is 2.17. The van der Waals surface area contributed by atoms with Gasteiger partial charge in [-0.3, -0.25) is 4.79 Å². The third-order valence-corrected chi connectivity index (χ3v) is 3.40. The van der Waals surface area contributed by atoms with Crippen molar-refractivity contribution in [2.24, 2.45) is 0 Å². The molecule has 0 saturated heterocycles. The van der Waals surface area contributed by atoms with E-state index in [1.165, 1.54) is 6.08 Å².